The maximum Gasteiger partial charge on any atom is 0.179 e. The Hall–Kier alpha value is -1.19. The lowest BCUT2D eigenvalue weighted by Crippen LogP contribution is -2.00. The minimum absolute atomic E-state index is 0.492. The van der Waals surface area contributed by atoms with Crippen LogP contribution in [-0.4, -0.2) is 15.0 Å². The van der Waals surface area contributed by atoms with Gasteiger partial charge in [0.2, 0.25) is 0 Å². The molecule has 5 heteroatoms. The van der Waals surface area contributed by atoms with E-state index in [1.54, 1.807) is 18.3 Å². The van der Waals surface area contributed by atoms with E-state index in [4.69, 9.17) is 23.2 Å². The molecule has 0 spiro atoms. The molecule has 0 atom stereocenters. The fraction of sp³-hybridized carbons (Fsp3) is 0.250. The second-order valence-electron chi connectivity index (χ2n) is 3.62. The molecule has 2 heterocycles. The number of rotatable bonds is 2. The Kier molecular flexibility index (Phi) is 3.60. The van der Waals surface area contributed by atoms with Crippen molar-refractivity contribution < 1.29 is 0 Å². The van der Waals surface area contributed by atoms with Crippen LogP contribution in [0.4, 0.5) is 0 Å². The van der Waals surface area contributed by atoms with Crippen LogP contribution in [0.25, 0.3) is 11.5 Å². The first-order chi connectivity index (χ1) is 8.11. The maximum absolute atomic E-state index is 6.11. The molecule has 0 N–H and O–H groups in total. The van der Waals surface area contributed by atoms with Gasteiger partial charge in [0.15, 0.2) is 5.82 Å². The number of nitrogens with zero attached hydrogens (tertiary/aromatic N) is 3. The van der Waals surface area contributed by atoms with Gasteiger partial charge in [0, 0.05) is 17.5 Å². The number of hydrogen-bond acceptors (Lipinski definition) is 3. The normalized spacial score (nSPS) is 10.6. The average molecular weight is 268 g/mol. The minimum atomic E-state index is 0.492. The molecule has 0 unspecified atom stereocenters. The zero-order valence-electron chi connectivity index (χ0n) is 9.54. The van der Waals surface area contributed by atoms with Crippen LogP contribution in [0.3, 0.4) is 0 Å². The molecule has 2 aromatic heterocycles. The highest BCUT2D eigenvalue weighted by atomic mass is 35.5. The van der Waals surface area contributed by atoms with E-state index in [-0.39, 0.29) is 0 Å². The van der Waals surface area contributed by atoms with Gasteiger partial charge in [0.25, 0.3) is 0 Å². The lowest BCUT2D eigenvalue weighted by molar-refractivity contribution is 0.995. The molecule has 0 aliphatic carbocycles. The standard InChI is InChI=1S/C12H11Cl2N3/c1-3-9-7(2)16-12(17-11(9)14)10-5-4-8(13)6-15-10/h4-6H,3H2,1-2H3. The Labute approximate surface area is 110 Å². The number of aryl methyl sites for hydroxylation is 1. The molecule has 0 fully saturated rings. The van der Waals surface area contributed by atoms with Crippen molar-refractivity contribution in [3.63, 3.8) is 0 Å². The first-order valence-electron chi connectivity index (χ1n) is 5.26. The van der Waals surface area contributed by atoms with Gasteiger partial charge in [-0.25, -0.2) is 9.97 Å². The van der Waals surface area contributed by atoms with Gasteiger partial charge < -0.3 is 0 Å². The summed E-state index contributed by atoms with van der Waals surface area (Å²) in [7, 11) is 0. The zero-order valence-corrected chi connectivity index (χ0v) is 11.0. The largest absolute Gasteiger partial charge is 0.251 e. The maximum atomic E-state index is 6.11. The average Bonchev–Trinajstić information content (AvgIpc) is 2.29. The molecule has 2 aromatic rings. The Bertz CT molecular complexity index is 515. The van der Waals surface area contributed by atoms with Gasteiger partial charge in [-0.2, -0.15) is 0 Å². The zero-order chi connectivity index (χ0) is 12.4. The number of halogens is 2. The first-order valence-corrected chi connectivity index (χ1v) is 6.02. The van der Waals surface area contributed by atoms with Gasteiger partial charge in [-0.15, -0.1) is 0 Å². The third-order valence-corrected chi connectivity index (χ3v) is 3.01. The van der Waals surface area contributed by atoms with E-state index in [9.17, 15) is 0 Å². The first kappa shape index (κ1) is 12.3. The van der Waals surface area contributed by atoms with Crippen molar-refractivity contribution in [3.8, 4) is 11.5 Å². The Balaban J connectivity index is 2.50. The summed E-state index contributed by atoms with van der Waals surface area (Å²) in [6.45, 7) is 3.95. The van der Waals surface area contributed by atoms with Crippen molar-refractivity contribution in [2.24, 2.45) is 0 Å². The molecule has 17 heavy (non-hydrogen) atoms. The molecule has 2 rings (SSSR count). The summed E-state index contributed by atoms with van der Waals surface area (Å²) < 4.78 is 0. The van der Waals surface area contributed by atoms with Crippen molar-refractivity contribution in [2.45, 2.75) is 20.3 Å². The van der Waals surface area contributed by atoms with Crippen LogP contribution in [0.5, 0.6) is 0 Å². The predicted molar refractivity (Wildman–Crippen MR) is 69.4 cm³/mol. The molecule has 0 amide bonds. The number of hydrogen-bond donors (Lipinski definition) is 0. The molecule has 0 aromatic carbocycles. The molecular weight excluding hydrogens is 257 g/mol. The van der Waals surface area contributed by atoms with Crippen LogP contribution in [-0.2, 0) is 6.42 Å². The van der Waals surface area contributed by atoms with Crippen LogP contribution < -0.4 is 0 Å². The van der Waals surface area contributed by atoms with Crippen molar-refractivity contribution >= 4 is 23.2 Å². The fourth-order valence-corrected chi connectivity index (χ4v) is 2.05. The van der Waals surface area contributed by atoms with Crippen molar-refractivity contribution in [1.82, 2.24) is 15.0 Å². The van der Waals surface area contributed by atoms with Gasteiger partial charge >= 0.3 is 0 Å². The summed E-state index contributed by atoms with van der Waals surface area (Å²) in [4.78, 5) is 12.8. The second-order valence-corrected chi connectivity index (χ2v) is 4.41. The summed E-state index contributed by atoms with van der Waals surface area (Å²) in [6, 6.07) is 3.53. The number of aromatic nitrogens is 3. The summed E-state index contributed by atoms with van der Waals surface area (Å²) in [5, 5.41) is 1.08. The molecule has 0 saturated carbocycles. The van der Waals surface area contributed by atoms with Gasteiger partial charge in [-0.05, 0) is 25.5 Å². The molecule has 0 bridgehead atoms. The predicted octanol–water partition coefficient (Wildman–Crippen LogP) is 3.72. The highest BCUT2D eigenvalue weighted by Gasteiger charge is 2.10. The SMILES string of the molecule is CCc1c(C)nc(-c2ccc(Cl)cn2)nc1Cl. The van der Waals surface area contributed by atoms with E-state index in [2.05, 4.69) is 15.0 Å². The van der Waals surface area contributed by atoms with Crippen LogP contribution >= 0.6 is 23.2 Å². The monoisotopic (exact) mass is 267 g/mol. The quantitative estimate of drug-likeness (QED) is 0.779. The second kappa shape index (κ2) is 4.98. The smallest absolute Gasteiger partial charge is 0.179 e. The summed E-state index contributed by atoms with van der Waals surface area (Å²) >= 11 is 11.9. The fourth-order valence-electron chi connectivity index (χ4n) is 1.59. The third kappa shape index (κ3) is 2.56. The Morgan fingerprint density at radius 2 is 1.94 bits per heavy atom. The lowest BCUT2D eigenvalue weighted by atomic mass is 10.2. The molecular formula is C12H11Cl2N3. The van der Waals surface area contributed by atoms with Crippen LogP contribution in [0.1, 0.15) is 18.2 Å². The van der Waals surface area contributed by atoms with Gasteiger partial charge in [-0.1, -0.05) is 30.1 Å². The van der Waals surface area contributed by atoms with Gasteiger partial charge in [-0.3, -0.25) is 4.98 Å². The van der Waals surface area contributed by atoms with Crippen LogP contribution in [0.2, 0.25) is 10.2 Å². The van der Waals surface area contributed by atoms with Gasteiger partial charge in [0.05, 0.1) is 5.02 Å². The van der Waals surface area contributed by atoms with E-state index in [0.29, 0.717) is 21.7 Å². The highest BCUT2D eigenvalue weighted by Crippen LogP contribution is 2.22. The molecule has 0 aliphatic rings. The van der Waals surface area contributed by atoms with E-state index in [1.165, 1.54) is 0 Å². The van der Waals surface area contributed by atoms with E-state index in [1.807, 2.05) is 13.8 Å². The van der Waals surface area contributed by atoms with Crippen molar-refractivity contribution in [1.29, 1.82) is 0 Å². The Morgan fingerprint density at radius 3 is 2.47 bits per heavy atom. The summed E-state index contributed by atoms with van der Waals surface area (Å²) in [5.74, 6) is 0.529. The Morgan fingerprint density at radius 1 is 1.18 bits per heavy atom. The third-order valence-electron chi connectivity index (χ3n) is 2.47. The highest BCUT2D eigenvalue weighted by molar-refractivity contribution is 6.30. The lowest BCUT2D eigenvalue weighted by Gasteiger charge is -2.07. The summed E-state index contributed by atoms with van der Waals surface area (Å²) in [6.07, 6.45) is 2.39. The number of pyridine rings is 1. The topological polar surface area (TPSA) is 38.7 Å². The van der Waals surface area contributed by atoms with Crippen LogP contribution in [0, 0.1) is 6.92 Å². The molecule has 88 valence electrons. The van der Waals surface area contributed by atoms with Crippen LogP contribution in [0.15, 0.2) is 18.3 Å². The van der Waals surface area contributed by atoms with E-state index in [0.717, 1.165) is 17.7 Å². The molecule has 3 nitrogen and oxygen atoms in total. The van der Waals surface area contributed by atoms with Crippen molar-refractivity contribution in [3.05, 3.63) is 39.8 Å². The molecule has 0 aliphatic heterocycles. The molecule has 0 radical (unpaired) electrons. The van der Waals surface area contributed by atoms with E-state index < -0.39 is 0 Å². The molecule has 0 saturated heterocycles. The summed E-state index contributed by atoms with van der Waals surface area (Å²) in [5.41, 5.74) is 2.53. The van der Waals surface area contributed by atoms with Crippen molar-refractivity contribution in [2.75, 3.05) is 0 Å². The van der Waals surface area contributed by atoms with Gasteiger partial charge in [0.1, 0.15) is 10.8 Å². The minimum Gasteiger partial charge on any atom is -0.251 e. The van der Waals surface area contributed by atoms with E-state index >= 15 is 0 Å².